The maximum absolute atomic E-state index is 11.9. The van der Waals surface area contributed by atoms with Gasteiger partial charge in [0.1, 0.15) is 0 Å². The van der Waals surface area contributed by atoms with E-state index in [1.165, 1.54) is 16.3 Å². The van der Waals surface area contributed by atoms with E-state index in [2.05, 4.69) is 11.9 Å². The molecular formula is C12H21N3O4S. The number of sulfonamides is 1. The summed E-state index contributed by atoms with van der Waals surface area (Å²) in [6.07, 6.45) is 2.89. The van der Waals surface area contributed by atoms with Crippen LogP contribution in [0.15, 0.2) is 12.7 Å². The number of hydrogen-bond acceptors (Lipinski definition) is 4. The van der Waals surface area contributed by atoms with Crippen molar-refractivity contribution < 1.29 is 18.0 Å². The molecule has 1 fully saturated rings. The van der Waals surface area contributed by atoms with Gasteiger partial charge in [-0.25, -0.2) is 12.7 Å². The predicted octanol–water partition coefficient (Wildman–Crippen LogP) is -0.827. The molecule has 114 valence electrons. The largest absolute Gasteiger partial charge is 0.353 e. The molecule has 1 heterocycles. The zero-order chi connectivity index (χ0) is 15.2. The van der Waals surface area contributed by atoms with Crippen molar-refractivity contribution >= 4 is 21.8 Å². The van der Waals surface area contributed by atoms with Crippen LogP contribution in [-0.4, -0.2) is 68.4 Å². The number of carbonyl (C=O) groups excluding carboxylic acids is 2. The van der Waals surface area contributed by atoms with Crippen LogP contribution in [0.5, 0.6) is 0 Å². The van der Waals surface area contributed by atoms with E-state index in [0.717, 1.165) is 18.9 Å². The summed E-state index contributed by atoms with van der Waals surface area (Å²) in [6, 6.07) is 0. The second-order valence-corrected chi connectivity index (χ2v) is 6.76. The molecule has 8 heteroatoms. The summed E-state index contributed by atoms with van der Waals surface area (Å²) < 4.78 is 25.2. The van der Waals surface area contributed by atoms with Gasteiger partial charge in [0.25, 0.3) is 0 Å². The van der Waals surface area contributed by atoms with Gasteiger partial charge in [0.15, 0.2) is 0 Å². The fourth-order valence-electron chi connectivity index (χ4n) is 1.92. The summed E-state index contributed by atoms with van der Waals surface area (Å²) in [5.41, 5.74) is 0. The molecule has 1 aliphatic rings. The first-order valence-electron chi connectivity index (χ1n) is 6.49. The molecule has 7 nitrogen and oxygen atoms in total. The normalized spacial score (nSPS) is 15.8. The van der Waals surface area contributed by atoms with E-state index >= 15 is 0 Å². The van der Waals surface area contributed by atoms with Gasteiger partial charge >= 0.3 is 0 Å². The highest BCUT2D eigenvalue weighted by Gasteiger charge is 2.24. The van der Waals surface area contributed by atoms with Gasteiger partial charge in [-0.15, -0.1) is 0 Å². The number of nitrogens with one attached hydrogen (secondary N) is 1. The molecule has 0 unspecified atom stereocenters. The van der Waals surface area contributed by atoms with E-state index in [0.29, 0.717) is 13.1 Å². The zero-order valence-corrected chi connectivity index (χ0v) is 12.5. The molecule has 0 spiro atoms. The molecule has 0 atom stereocenters. The number of nitrogens with zero attached hydrogens (tertiary/aromatic N) is 2. The number of amides is 2. The van der Waals surface area contributed by atoms with Crippen LogP contribution < -0.4 is 5.32 Å². The first kappa shape index (κ1) is 16.6. The van der Waals surface area contributed by atoms with Crippen molar-refractivity contribution in [1.82, 2.24) is 14.5 Å². The van der Waals surface area contributed by atoms with Crippen LogP contribution >= 0.6 is 0 Å². The van der Waals surface area contributed by atoms with E-state index < -0.39 is 10.0 Å². The highest BCUT2D eigenvalue weighted by Crippen LogP contribution is 2.12. The molecule has 0 radical (unpaired) electrons. The van der Waals surface area contributed by atoms with Gasteiger partial charge in [0.05, 0.1) is 12.3 Å². The lowest BCUT2D eigenvalue weighted by Gasteiger charge is -2.17. The molecule has 0 aromatic heterocycles. The van der Waals surface area contributed by atoms with Crippen molar-refractivity contribution in [2.45, 2.75) is 12.8 Å². The summed E-state index contributed by atoms with van der Waals surface area (Å²) in [6.45, 7) is 4.38. The summed E-state index contributed by atoms with van der Waals surface area (Å²) in [4.78, 5) is 23.9. The van der Waals surface area contributed by atoms with E-state index in [-0.39, 0.29) is 30.7 Å². The average molecular weight is 303 g/mol. The highest BCUT2D eigenvalue weighted by atomic mass is 32.2. The smallest absolute Gasteiger partial charge is 0.246 e. The molecule has 1 saturated heterocycles. The molecule has 0 aliphatic carbocycles. The number of rotatable bonds is 7. The van der Waals surface area contributed by atoms with Crippen molar-refractivity contribution in [2.75, 3.05) is 39.0 Å². The number of carbonyl (C=O) groups is 2. The van der Waals surface area contributed by atoms with Gasteiger partial charge in [-0.05, 0) is 18.9 Å². The molecule has 2 amide bonds. The summed E-state index contributed by atoms with van der Waals surface area (Å²) in [5, 5.41) is 2.50. The molecule has 0 aromatic rings. The molecule has 1 aliphatic heterocycles. The molecule has 20 heavy (non-hydrogen) atoms. The lowest BCUT2D eigenvalue weighted by atomic mass is 10.4. The van der Waals surface area contributed by atoms with Crippen LogP contribution in [0.4, 0.5) is 0 Å². The van der Waals surface area contributed by atoms with Crippen LogP contribution in [0.25, 0.3) is 0 Å². The van der Waals surface area contributed by atoms with Gasteiger partial charge in [-0.3, -0.25) is 9.59 Å². The summed E-state index contributed by atoms with van der Waals surface area (Å²) in [5.74, 6) is -0.859. The minimum Gasteiger partial charge on any atom is -0.353 e. The van der Waals surface area contributed by atoms with Crippen molar-refractivity contribution in [3.63, 3.8) is 0 Å². The van der Waals surface area contributed by atoms with Gasteiger partial charge in [-0.2, -0.15) is 0 Å². The highest BCUT2D eigenvalue weighted by molar-refractivity contribution is 7.89. The van der Waals surface area contributed by atoms with Crippen LogP contribution in [0.1, 0.15) is 12.8 Å². The van der Waals surface area contributed by atoms with E-state index in [1.807, 2.05) is 0 Å². The van der Waals surface area contributed by atoms with Gasteiger partial charge in [0.2, 0.25) is 21.8 Å². The van der Waals surface area contributed by atoms with E-state index in [9.17, 15) is 18.0 Å². The van der Waals surface area contributed by atoms with Crippen LogP contribution in [-0.2, 0) is 19.6 Å². The predicted molar refractivity (Wildman–Crippen MR) is 75.4 cm³/mol. The Morgan fingerprint density at radius 1 is 1.35 bits per heavy atom. The fraction of sp³-hybridized carbons (Fsp3) is 0.667. The SMILES string of the molecule is C=CC(=O)N(C)CC(=O)NCCS(=O)(=O)N1CCCC1. The lowest BCUT2D eigenvalue weighted by Crippen LogP contribution is -2.41. The van der Waals surface area contributed by atoms with E-state index in [1.54, 1.807) is 0 Å². The molecule has 0 saturated carbocycles. The Kier molecular flexibility index (Phi) is 6.15. The maximum atomic E-state index is 11.9. The lowest BCUT2D eigenvalue weighted by molar-refractivity contribution is -0.131. The molecule has 0 aromatic carbocycles. The Morgan fingerprint density at radius 3 is 2.50 bits per heavy atom. The second kappa shape index (κ2) is 7.39. The van der Waals surface area contributed by atoms with Crippen molar-refractivity contribution in [1.29, 1.82) is 0 Å². The Hall–Kier alpha value is -1.41. The zero-order valence-electron chi connectivity index (χ0n) is 11.7. The molecule has 1 rings (SSSR count). The maximum Gasteiger partial charge on any atom is 0.246 e. The quantitative estimate of drug-likeness (QED) is 0.622. The van der Waals surface area contributed by atoms with Gasteiger partial charge in [0, 0.05) is 26.7 Å². The van der Waals surface area contributed by atoms with Crippen molar-refractivity contribution in [3.05, 3.63) is 12.7 Å². The second-order valence-electron chi connectivity index (χ2n) is 4.67. The fourth-order valence-corrected chi connectivity index (χ4v) is 3.35. The van der Waals surface area contributed by atoms with Crippen molar-refractivity contribution in [2.24, 2.45) is 0 Å². The Labute approximate surface area is 119 Å². The monoisotopic (exact) mass is 303 g/mol. The number of hydrogen-bond donors (Lipinski definition) is 1. The Morgan fingerprint density at radius 2 is 1.95 bits per heavy atom. The Bertz CT molecular complexity index is 469. The minimum absolute atomic E-state index is 0.0494. The summed E-state index contributed by atoms with van der Waals surface area (Å²) in [7, 11) is -1.81. The minimum atomic E-state index is -3.28. The first-order chi connectivity index (χ1) is 9.36. The third-order valence-corrected chi connectivity index (χ3v) is 4.94. The third-order valence-electron chi connectivity index (χ3n) is 3.07. The average Bonchev–Trinajstić information content (AvgIpc) is 2.92. The Balaban J connectivity index is 2.31. The molecule has 1 N–H and O–H groups in total. The van der Waals surface area contributed by atoms with Crippen LogP contribution in [0, 0.1) is 0 Å². The van der Waals surface area contributed by atoms with Crippen LogP contribution in [0.3, 0.4) is 0 Å². The number of likely N-dealkylation sites (N-methyl/N-ethyl adjacent to an activating group) is 1. The van der Waals surface area contributed by atoms with Crippen LogP contribution in [0.2, 0.25) is 0 Å². The van der Waals surface area contributed by atoms with Crippen molar-refractivity contribution in [3.8, 4) is 0 Å². The molecular weight excluding hydrogens is 282 g/mol. The standard InChI is InChI=1S/C12H21N3O4S/c1-3-12(17)14(2)10-11(16)13-6-9-20(18,19)15-7-4-5-8-15/h3H,1,4-10H2,2H3,(H,13,16). The molecule has 0 bridgehead atoms. The topological polar surface area (TPSA) is 86.8 Å². The first-order valence-corrected chi connectivity index (χ1v) is 8.10. The summed E-state index contributed by atoms with van der Waals surface area (Å²) >= 11 is 0. The van der Waals surface area contributed by atoms with E-state index in [4.69, 9.17) is 0 Å². The van der Waals surface area contributed by atoms with Gasteiger partial charge in [-0.1, -0.05) is 6.58 Å². The third kappa shape index (κ3) is 4.93. The van der Waals surface area contributed by atoms with Gasteiger partial charge < -0.3 is 10.2 Å².